The van der Waals surface area contributed by atoms with E-state index in [0.717, 1.165) is 100 Å². The number of ether oxygens (including phenoxy) is 4. The minimum atomic E-state index is -2.11. The van der Waals surface area contributed by atoms with Crippen LogP contribution in [0.15, 0.2) is 103 Å². The van der Waals surface area contributed by atoms with Crippen LogP contribution in [0.4, 0.5) is 0 Å². The van der Waals surface area contributed by atoms with E-state index >= 15 is 0 Å². The Hall–Kier alpha value is -5.88. The maximum atomic E-state index is 12.4. The fourth-order valence-corrected chi connectivity index (χ4v) is 15.6. The van der Waals surface area contributed by atoms with Gasteiger partial charge in [-0.3, -0.25) is 9.59 Å². The van der Waals surface area contributed by atoms with Crippen LogP contribution < -0.4 is 25.4 Å². The Labute approximate surface area is 443 Å². The van der Waals surface area contributed by atoms with Crippen LogP contribution in [0, 0.1) is 13.8 Å². The fourth-order valence-electron chi connectivity index (χ4n) is 9.77. The molecule has 12 heteroatoms. The topological polar surface area (TPSA) is 122 Å². The van der Waals surface area contributed by atoms with Crippen LogP contribution in [0.3, 0.4) is 0 Å². The highest BCUT2D eigenvalue weighted by Gasteiger charge is 2.34. The molecule has 0 atom stereocenters. The number of carbonyl (C=O) groups excluding carboxylic acids is 5. The lowest BCUT2D eigenvalue weighted by atomic mass is 9.89. The van der Waals surface area contributed by atoms with Crippen molar-refractivity contribution in [2.24, 2.45) is 0 Å². The molecule has 74 heavy (non-hydrogen) atoms. The van der Waals surface area contributed by atoms with E-state index in [0.29, 0.717) is 61.9 Å². The Bertz CT molecular complexity index is 2760. The fraction of sp³-hybridized carbons (Fsp3) is 0.387. The van der Waals surface area contributed by atoms with Gasteiger partial charge in [-0.25, -0.2) is 9.59 Å². The van der Waals surface area contributed by atoms with Gasteiger partial charge in [0.15, 0.2) is 0 Å². The van der Waals surface area contributed by atoms with E-state index in [9.17, 15) is 24.0 Å². The molecule has 2 aliphatic heterocycles. The summed E-state index contributed by atoms with van der Waals surface area (Å²) < 4.78 is 22.9. The van der Waals surface area contributed by atoms with Gasteiger partial charge in [-0.2, -0.15) is 0 Å². The van der Waals surface area contributed by atoms with Gasteiger partial charge in [-0.15, -0.1) is 0 Å². The van der Waals surface area contributed by atoms with Crippen molar-refractivity contribution < 1.29 is 42.9 Å². The number of hydrogen-bond donors (Lipinski definition) is 0. The highest BCUT2D eigenvalue weighted by Crippen LogP contribution is 2.46. The molecule has 0 bridgehead atoms. The minimum absolute atomic E-state index is 0.271. The van der Waals surface area contributed by atoms with Gasteiger partial charge in [0.05, 0.1) is 13.2 Å². The Morgan fingerprint density at radius 3 is 1.26 bits per heavy atom. The predicted molar refractivity (Wildman–Crippen MR) is 311 cm³/mol. The third-order valence-corrected chi connectivity index (χ3v) is 21.8. The van der Waals surface area contributed by atoms with Crippen molar-refractivity contribution in [3.63, 3.8) is 0 Å². The third-order valence-electron chi connectivity index (χ3n) is 13.9. The molecule has 5 aromatic carbocycles. The van der Waals surface area contributed by atoms with Crippen LogP contribution in [-0.4, -0.2) is 65.5 Å². The van der Waals surface area contributed by atoms with E-state index in [1.54, 1.807) is 0 Å². The second kappa shape index (κ2) is 27.1. The second-order valence-electron chi connectivity index (χ2n) is 21.2. The van der Waals surface area contributed by atoms with Gasteiger partial charge < -0.3 is 23.7 Å². The van der Waals surface area contributed by atoms with Crippen molar-refractivity contribution >= 4 is 75.0 Å². The first-order chi connectivity index (χ1) is 35.4. The summed E-state index contributed by atoms with van der Waals surface area (Å²) in [5, 5.41) is 4.66. The largest absolute Gasteiger partial charge is 0.493 e. The highest BCUT2D eigenvalue weighted by atomic mass is 31.2. The van der Waals surface area contributed by atoms with Crippen molar-refractivity contribution in [2.45, 2.75) is 145 Å². The zero-order valence-corrected chi connectivity index (χ0v) is 49.0. The van der Waals surface area contributed by atoms with Crippen molar-refractivity contribution in [1.82, 2.24) is 0 Å². The standard InChI is InChI=1S/C22H32O4Si.C22H21OP.C18H26O4Si/c1-7-16(13-23)9-10-18-17(8-2)15(3)19-14-26-22(24)20(19)21(18)25-11-12-27(4,5)6;1-2-19(18-23)24(20-12-6-3-7-13-20,21-14-8-4-9-15-21)22-16-10-5-11-17-22;1-6-13-12(2)15-11-22-18(20)16(15)17(14(13)7-8-19)21-9-10-23(3,4)5/h9,13H,7-8,10-12,14H2,1-6H3;3-18H,2H2,1H3;8H,6-7,9-11H2,1-5H3/b16-9+;;. The predicted octanol–water partition coefficient (Wildman–Crippen LogP) is 12.5. The highest BCUT2D eigenvalue weighted by molar-refractivity contribution is 7.96. The molecule has 0 aliphatic carbocycles. The molecule has 2 aliphatic rings. The normalized spacial score (nSPS) is 13.0. The first-order valence-electron chi connectivity index (χ1n) is 26.3. The van der Waals surface area contributed by atoms with Crippen molar-refractivity contribution in [3.8, 4) is 11.5 Å². The van der Waals surface area contributed by atoms with E-state index in [-0.39, 0.29) is 18.4 Å². The second-order valence-corrected chi connectivity index (χ2v) is 35.9. The summed E-state index contributed by atoms with van der Waals surface area (Å²) in [4.78, 5) is 59.1. The van der Waals surface area contributed by atoms with Crippen molar-refractivity contribution in [1.29, 1.82) is 0 Å². The van der Waals surface area contributed by atoms with Gasteiger partial charge in [0.1, 0.15) is 54.7 Å². The van der Waals surface area contributed by atoms with Crippen LogP contribution >= 0.6 is 6.89 Å². The lowest BCUT2D eigenvalue weighted by Gasteiger charge is -2.31. The molecule has 0 spiro atoms. The van der Waals surface area contributed by atoms with E-state index in [2.05, 4.69) is 140 Å². The molecule has 2 heterocycles. The number of aldehydes is 3. The molecular weight excluding hydrogens is 976 g/mol. The number of carbonyl (C=O) groups is 5. The maximum absolute atomic E-state index is 12.4. The first kappa shape index (κ1) is 59.0. The number of fused-ring (bicyclic) bond motifs is 2. The summed E-state index contributed by atoms with van der Waals surface area (Å²) in [7, 11) is -2.48. The van der Waals surface area contributed by atoms with Gasteiger partial charge in [-0.05, 0) is 109 Å². The maximum Gasteiger partial charge on any atom is 0.342 e. The monoisotopic (exact) mass is 1050 g/mol. The van der Waals surface area contributed by atoms with Crippen LogP contribution in [0.5, 0.6) is 11.5 Å². The van der Waals surface area contributed by atoms with Crippen LogP contribution in [0.2, 0.25) is 51.4 Å². The van der Waals surface area contributed by atoms with E-state index in [1.165, 1.54) is 21.5 Å². The van der Waals surface area contributed by atoms with Gasteiger partial charge in [-0.1, -0.05) is 164 Å². The molecule has 5 aromatic rings. The number of cyclic esters (lactones) is 2. The van der Waals surface area contributed by atoms with Crippen molar-refractivity contribution in [2.75, 3.05) is 13.2 Å². The average molecular weight is 1060 g/mol. The molecule has 394 valence electrons. The van der Waals surface area contributed by atoms with Crippen LogP contribution in [-0.2, 0) is 62.8 Å². The van der Waals surface area contributed by atoms with Crippen LogP contribution in [0.1, 0.15) is 106 Å². The number of allylic oxidation sites excluding steroid dienone is 2. The molecule has 0 fully saturated rings. The summed E-state index contributed by atoms with van der Waals surface area (Å²) >= 11 is 0. The number of rotatable bonds is 21. The number of hydrogen-bond acceptors (Lipinski definition) is 9. The van der Waals surface area contributed by atoms with Gasteiger partial charge in [0.2, 0.25) is 0 Å². The summed E-state index contributed by atoms with van der Waals surface area (Å²) in [6.07, 6.45) is 8.79. The van der Waals surface area contributed by atoms with Gasteiger partial charge >= 0.3 is 11.9 Å². The average Bonchev–Trinajstić information content (AvgIpc) is 3.98. The Morgan fingerprint density at radius 2 is 0.946 bits per heavy atom. The first-order valence-corrected chi connectivity index (χ1v) is 35.5. The van der Waals surface area contributed by atoms with Crippen LogP contribution in [0.25, 0.3) is 0 Å². The van der Waals surface area contributed by atoms with Gasteiger partial charge in [0, 0.05) is 50.1 Å². The summed E-state index contributed by atoms with van der Waals surface area (Å²) in [6, 6.07) is 33.5. The molecule has 7 rings (SSSR count). The summed E-state index contributed by atoms with van der Waals surface area (Å²) in [5.74, 6) is 0.622. The van der Waals surface area contributed by atoms with E-state index < -0.39 is 23.0 Å². The Kier molecular flexibility index (Phi) is 21.6. The zero-order chi connectivity index (χ0) is 54.2. The molecule has 0 unspecified atom stereocenters. The molecule has 0 saturated carbocycles. The third kappa shape index (κ3) is 13.9. The van der Waals surface area contributed by atoms with Crippen molar-refractivity contribution in [3.05, 3.63) is 158 Å². The molecule has 0 aromatic heterocycles. The molecule has 9 nitrogen and oxygen atoms in total. The molecule has 0 radical (unpaired) electrons. The lowest BCUT2D eigenvalue weighted by Crippen LogP contribution is -2.30. The SMILES string of the molecule is CC/C(C=O)=C\Cc1c(CC)c(C)c2c(c1OCC[Si](C)(C)C)C(=O)OC2.CCC(C=O)=P(c1ccccc1)(c1ccccc1)c1ccccc1.CCc1c(C)c2c(c(OCC[Si](C)(C)C)c1CC=O)C(=O)OC2. The number of benzene rings is 5. The Balaban J connectivity index is 0.000000206. The quantitative estimate of drug-likeness (QED) is 0.0232. The molecule has 0 saturated heterocycles. The minimum Gasteiger partial charge on any atom is -0.493 e. The summed E-state index contributed by atoms with van der Waals surface area (Å²) in [6.45, 7) is 25.8. The molecule has 0 N–H and O–H groups in total. The van der Waals surface area contributed by atoms with E-state index in [4.69, 9.17) is 18.9 Å². The zero-order valence-electron chi connectivity index (χ0n) is 46.1. The van der Waals surface area contributed by atoms with Gasteiger partial charge in [0.25, 0.3) is 0 Å². The summed E-state index contributed by atoms with van der Waals surface area (Å²) in [5.41, 5.74) is 10.1. The van der Waals surface area contributed by atoms with E-state index in [1.807, 2.05) is 38.1 Å². The molecular formula is C62H79O9PSi2. The number of esters is 2. The molecule has 0 amide bonds. The lowest BCUT2D eigenvalue weighted by molar-refractivity contribution is -0.107. The Morgan fingerprint density at radius 1 is 0.554 bits per heavy atom. The smallest absolute Gasteiger partial charge is 0.342 e.